The van der Waals surface area contributed by atoms with E-state index < -0.39 is 5.60 Å². The summed E-state index contributed by atoms with van der Waals surface area (Å²) in [5, 5.41) is 15.6. The molecule has 0 radical (unpaired) electrons. The zero-order valence-corrected chi connectivity index (χ0v) is 13.3. The van der Waals surface area contributed by atoms with E-state index in [0.717, 1.165) is 16.8 Å². The van der Waals surface area contributed by atoms with Crippen molar-refractivity contribution >= 4 is 0 Å². The Labute approximate surface area is 136 Å². The molecule has 118 valence electrons. The van der Waals surface area contributed by atoms with E-state index >= 15 is 0 Å². The summed E-state index contributed by atoms with van der Waals surface area (Å²) in [4.78, 5) is 2.01. The first-order valence-corrected chi connectivity index (χ1v) is 7.55. The molecule has 23 heavy (non-hydrogen) atoms. The van der Waals surface area contributed by atoms with Crippen LogP contribution in [0.5, 0.6) is 0 Å². The van der Waals surface area contributed by atoms with E-state index in [-0.39, 0.29) is 0 Å². The van der Waals surface area contributed by atoms with Gasteiger partial charge in [-0.25, -0.2) is 0 Å². The summed E-state index contributed by atoms with van der Waals surface area (Å²) in [6, 6.07) is 20.8. The van der Waals surface area contributed by atoms with Gasteiger partial charge in [0.05, 0.1) is 5.69 Å². The summed E-state index contributed by atoms with van der Waals surface area (Å²) in [6.07, 6.45) is 0. The van der Waals surface area contributed by atoms with Gasteiger partial charge in [-0.3, -0.25) is 0 Å². The summed E-state index contributed by atoms with van der Waals surface area (Å²) < 4.78 is 5.51. The standard InChI is InChI=1S/C19H20N2O2/c1-21(2)14-17-13-18(23-20-17)19(22,15-9-5-3-6-10-15)16-11-7-4-8-12-16/h3-13,22H,14H2,1-2H3. The Kier molecular flexibility index (Phi) is 4.28. The average molecular weight is 308 g/mol. The van der Waals surface area contributed by atoms with Gasteiger partial charge in [0.1, 0.15) is 0 Å². The summed E-state index contributed by atoms with van der Waals surface area (Å²) >= 11 is 0. The van der Waals surface area contributed by atoms with Crippen molar-refractivity contribution in [3.05, 3.63) is 89.3 Å². The molecule has 4 heteroatoms. The first-order valence-electron chi connectivity index (χ1n) is 7.55. The van der Waals surface area contributed by atoms with Crippen LogP contribution < -0.4 is 0 Å². The molecule has 0 spiro atoms. The Morgan fingerprint density at radius 1 is 0.957 bits per heavy atom. The first-order chi connectivity index (χ1) is 11.1. The molecule has 0 fully saturated rings. The zero-order chi connectivity index (χ0) is 16.3. The maximum atomic E-state index is 11.5. The predicted octanol–water partition coefficient (Wildman–Crippen LogP) is 3.02. The van der Waals surface area contributed by atoms with E-state index in [0.29, 0.717) is 12.3 Å². The Morgan fingerprint density at radius 3 is 1.96 bits per heavy atom. The van der Waals surface area contributed by atoms with Crippen molar-refractivity contribution in [3.8, 4) is 0 Å². The highest BCUT2D eigenvalue weighted by Gasteiger charge is 2.37. The molecule has 0 unspecified atom stereocenters. The van der Waals surface area contributed by atoms with Gasteiger partial charge in [0.2, 0.25) is 0 Å². The number of aromatic nitrogens is 1. The number of hydrogen-bond acceptors (Lipinski definition) is 4. The Bertz CT molecular complexity index is 712. The van der Waals surface area contributed by atoms with Crippen molar-refractivity contribution in [2.75, 3.05) is 14.1 Å². The molecule has 0 aliphatic rings. The average Bonchev–Trinajstić information content (AvgIpc) is 3.04. The smallest absolute Gasteiger partial charge is 0.177 e. The quantitative estimate of drug-likeness (QED) is 0.787. The predicted molar refractivity (Wildman–Crippen MR) is 88.9 cm³/mol. The number of rotatable bonds is 5. The topological polar surface area (TPSA) is 49.5 Å². The van der Waals surface area contributed by atoms with Crippen LogP contribution in [0.1, 0.15) is 22.6 Å². The second kappa shape index (κ2) is 6.36. The lowest BCUT2D eigenvalue weighted by atomic mass is 9.84. The molecule has 0 aliphatic carbocycles. The number of aliphatic hydroxyl groups is 1. The van der Waals surface area contributed by atoms with Gasteiger partial charge in [0.25, 0.3) is 0 Å². The number of hydrogen-bond donors (Lipinski definition) is 1. The molecule has 0 amide bonds. The monoisotopic (exact) mass is 308 g/mol. The Morgan fingerprint density at radius 2 is 1.48 bits per heavy atom. The third-order valence-corrected chi connectivity index (χ3v) is 3.78. The lowest BCUT2D eigenvalue weighted by molar-refractivity contribution is 0.0906. The van der Waals surface area contributed by atoms with Gasteiger partial charge in [-0.1, -0.05) is 65.8 Å². The lowest BCUT2D eigenvalue weighted by Gasteiger charge is -2.26. The minimum atomic E-state index is -1.36. The molecule has 2 aromatic carbocycles. The molecular formula is C19H20N2O2. The summed E-state index contributed by atoms with van der Waals surface area (Å²) in [5.74, 6) is 0.423. The molecule has 4 nitrogen and oxygen atoms in total. The molecule has 3 rings (SSSR count). The maximum Gasteiger partial charge on any atom is 0.177 e. The van der Waals surface area contributed by atoms with Crippen LogP contribution in [-0.2, 0) is 12.1 Å². The Hall–Kier alpha value is -2.43. The molecule has 1 aromatic heterocycles. The highest BCUT2D eigenvalue weighted by molar-refractivity contribution is 5.43. The zero-order valence-electron chi connectivity index (χ0n) is 13.3. The largest absolute Gasteiger partial charge is 0.373 e. The van der Waals surface area contributed by atoms with Crippen molar-refractivity contribution in [2.45, 2.75) is 12.1 Å². The van der Waals surface area contributed by atoms with Crippen LogP contribution in [0, 0.1) is 0 Å². The normalized spacial score (nSPS) is 11.8. The second-order valence-corrected chi connectivity index (χ2v) is 5.86. The van der Waals surface area contributed by atoms with Crippen molar-refractivity contribution in [3.63, 3.8) is 0 Å². The van der Waals surface area contributed by atoms with Gasteiger partial charge in [-0.2, -0.15) is 0 Å². The molecule has 0 saturated heterocycles. The third-order valence-electron chi connectivity index (χ3n) is 3.78. The van der Waals surface area contributed by atoms with Crippen molar-refractivity contribution in [1.82, 2.24) is 10.1 Å². The van der Waals surface area contributed by atoms with Gasteiger partial charge >= 0.3 is 0 Å². The van der Waals surface area contributed by atoms with Gasteiger partial charge in [-0.05, 0) is 25.2 Å². The van der Waals surface area contributed by atoms with E-state index in [1.807, 2.05) is 85.7 Å². The first kappa shape index (κ1) is 15.5. The van der Waals surface area contributed by atoms with Crippen LogP contribution in [0.25, 0.3) is 0 Å². The van der Waals surface area contributed by atoms with E-state index in [2.05, 4.69) is 5.16 Å². The van der Waals surface area contributed by atoms with Crippen LogP contribution in [0.4, 0.5) is 0 Å². The molecule has 1 N–H and O–H groups in total. The fraction of sp³-hybridized carbons (Fsp3) is 0.211. The molecular weight excluding hydrogens is 288 g/mol. The highest BCUT2D eigenvalue weighted by Crippen LogP contribution is 2.36. The van der Waals surface area contributed by atoms with Crippen LogP contribution in [0.2, 0.25) is 0 Å². The fourth-order valence-corrected chi connectivity index (χ4v) is 2.69. The lowest BCUT2D eigenvalue weighted by Crippen LogP contribution is -2.28. The molecule has 3 aromatic rings. The minimum absolute atomic E-state index is 0.423. The molecule has 1 heterocycles. The summed E-state index contributed by atoms with van der Waals surface area (Å²) in [7, 11) is 3.93. The molecule has 0 aliphatic heterocycles. The third kappa shape index (κ3) is 3.04. The molecule has 0 bridgehead atoms. The van der Waals surface area contributed by atoms with Crippen molar-refractivity contribution in [2.24, 2.45) is 0 Å². The minimum Gasteiger partial charge on any atom is -0.373 e. The van der Waals surface area contributed by atoms with Crippen LogP contribution >= 0.6 is 0 Å². The van der Waals surface area contributed by atoms with Gasteiger partial charge < -0.3 is 14.5 Å². The summed E-state index contributed by atoms with van der Waals surface area (Å²) in [5.41, 5.74) is 0.924. The van der Waals surface area contributed by atoms with Gasteiger partial charge in [0.15, 0.2) is 11.4 Å². The van der Waals surface area contributed by atoms with Crippen molar-refractivity contribution in [1.29, 1.82) is 0 Å². The van der Waals surface area contributed by atoms with Gasteiger partial charge in [0, 0.05) is 12.6 Å². The second-order valence-electron chi connectivity index (χ2n) is 5.86. The van der Waals surface area contributed by atoms with E-state index in [4.69, 9.17) is 4.52 Å². The van der Waals surface area contributed by atoms with Crippen LogP contribution in [-0.4, -0.2) is 29.3 Å². The van der Waals surface area contributed by atoms with Crippen molar-refractivity contribution < 1.29 is 9.63 Å². The number of nitrogens with zero attached hydrogens (tertiary/aromatic N) is 2. The van der Waals surface area contributed by atoms with Gasteiger partial charge in [-0.15, -0.1) is 0 Å². The van der Waals surface area contributed by atoms with Crippen LogP contribution in [0.3, 0.4) is 0 Å². The maximum absolute atomic E-state index is 11.5. The van der Waals surface area contributed by atoms with E-state index in [1.54, 1.807) is 0 Å². The summed E-state index contributed by atoms with van der Waals surface area (Å²) in [6.45, 7) is 0.656. The molecule has 0 saturated carbocycles. The number of benzene rings is 2. The van der Waals surface area contributed by atoms with E-state index in [1.165, 1.54) is 0 Å². The SMILES string of the molecule is CN(C)Cc1cc(C(O)(c2ccccc2)c2ccccc2)on1. The molecule has 0 atom stereocenters. The van der Waals surface area contributed by atoms with E-state index in [9.17, 15) is 5.11 Å². The van der Waals surface area contributed by atoms with Crippen LogP contribution in [0.15, 0.2) is 71.3 Å². The fourth-order valence-electron chi connectivity index (χ4n) is 2.69. The highest BCUT2D eigenvalue weighted by atomic mass is 16.5. The Balaban J connectivity index is 2.11.